The van der Waals surface area contributed by atoms with Crippen LogP contribution in [0, 0.1) is 0 Å². The number of benzene rings is 1. The molecule has 0 heterocycles. The zero-order valence-electron chi connectivity index (χ0n) is 9.99. The lowest BCUT2D eigenvalue weighted by molar-refractivity contribution is -0.191. The monoisotopic (exact) mass is 295 g/mol. The summed E-state index contributed by atoms with van der Waals surface area (Å²) in [6.45, 7) is -1.51. The first-order valence-electron chi connectivity index (χ1n) is 5.15. The number of hydrogen-bond donors (Lipinski definition) is 1. The van der Waals surface area contributed by atoms with E-state index in [2.05, 4.69) is 4.84 Å². The van der Waals surface area contributed by atoms with E-state index in [1.54, 1.807) is 29.7 Å². The normalized spacial score (nSPS) is 11.2. The smallest absolute Gasteiger partial charge is 0.414 e. The molecule has 0 spiro atoms. The van der Waals surface area contributed by atoms with Crippen LogP contribution in [0.5, 0.6) is 5.75 Å². The Bertz CT molecular complexity index is 409. The molecule has 0 aromatic heterocycles. The first-order chi connectivity index (χ1) is 8.90. The second-order valence-corrected chi connectivity index (χ2v) is 4.44. The average molecular weight is 295 g/mol. The van der Waals surface area contributed by atoms with E-state index in [0.29, 0.717) is 5.75 Å². The molecule has 19 heavy (non-hydrogen) atoms. The number of nitrogens with one attached hydrogen (secondary N) is 1. The van der Waals surface area contributed by atoms with Gasteiger partial charge in [0.2, 0.25) is 0 Å². The summed E-state index contributed by atoms with van der Waals surface area (Å²) >= 11 is 1.18. The minimum absolute atomic E-state index is 0.0375. The van der Waals surface area contributed by atoms with Gasteiger partial charge in [-0.15, -0.1) is 11.8 Å². The molecule has 0 atom stereocenters. The van der Waals surface area contributed by atoms with E-state index in [1.807, 2.05) is 0 Å². The average Bonchev–Trinajstić information content (AvgIpc) is 2.35. The number of hydrogen-bond acceptors (Lipinski definition) is 4. The van der Waals surface area contributed by atoms with Crippen LogP contribution >= 0.6 is 11.8 Å². The van der Waals surface area contributed by atoms with Gasteiger partial charge in [0.25, 0.3) is 5.91 Å². The number of methoxy groups -OCH3 is 1. The molecule has 0 radical (unpaired) electrons. The molecule has 1 amide bonds. The highest BCUT2D eigenvalue weighted by Crippen LogP contribution is 2.21. The predicted molar refractivity (Wildman–Crippen MR) is 63.9 cm³/mol. The Morgan fingerprint density at radius 3 is 2.47 bits per heavy atom. The van der Waals surface area contributed by atoms with Crippen LogP contribution in [-0.4, -0.2) is 31.6 Å². The number of ether oxygens (including phenoxy) is 1. The highest BCUT2D eigenvalue weighted by Gasteiger charge is 2.28. The molecule has 0 saturated carbocycles. The molecule has 8 heteroatoms. The van der Waals surface area contributed by atoms with Gasteiger partial charge in [0.05, 0.1) is 12.9 Å². The first-order valence-corrected chi connectivity index (χ1v) is 6.13. The van der Waals surface area contributed by atoms with Crippen LogP contribution < -0.4 is 10.2 Å². The van der Waals surface area contributed by atoms with Gasteiger partial charge in [0.15, 0.2) is 6.61 Å². The van der Waals surface area contributed by atoms with Crippen molar-refractivity contribution in [3.8, 4) is 5.75 Å². The second kappa shape index (κ2) is 7.25. The van der Waals surface area contributed by atoms with Crippen molar-refractivity contribution in [1.82, 2.24) is 5.48 Å². The Kier molecular flexibility index (Phi) is 5.97. The molecular weight excluding hydrogens is 283 g/mol. The van der Waals surface area contributed by atoms with E-state index in [0.717, 1.165) is 4.90 Å². The summed E-state index contributed by atoms with van der Waals surface area (Å²) < 4.78 is 40.2. The van der Waals surface area contributed by atoms with Gasteiger partial charge in [0, 0.05) is 4.90 Å². The minimum Gasteiger partial charge on any atom is -0.497 e. The Labute approximate surface area is 112 Å². The zero-order chi connectivity index (χ0) is 14.3. The third-order valence-electron chi connectivity index (χ3n) is 1.85. The fourth-order valence-electron chi connectivity index (χ4n) is 1.05. The lowest BCUT2D eigenvalue weighted by atomic mass is 10.3. The van der Waals surface area contributed by atoms with Crippen LogP contribution in [0.25, 0.3) is 0 Å². The quantitative estimate of drug-likeness (QED) is 0.646. The topological polar surface area (TPSA) is 47.6 Å². The third kappa shape index (κ3) is 6.92. The van der Waals surface area contributed by atoms with Gasteiger partial charge in [-0.05, 0) is 24.3 Å². The molecule has 0 bridgehead atoms. The molecule has 1 aromatic rings. The largest absolute Gasteiger partial charge is 0.497 e. The SMILES string of the molecule is COc1ccc(SCC(=O)NOCC(F)(F)F)cc1. The van der Waals surface area contributed by atoms with Crippen molar-refractivity contribution in [2.24, 2.45) is 0 Å². The van der Waals surface area contributed by atoms with Crippen LogP contribution in [-0.2, 0) is 9.63 Å². The summed E-state index contributed by atoms with van der Waals surface area (Å²) in [4.78, 5) is 16.0. The first kappa shape index (κ1) is 15.6. The standard InChI is InChI=1S/C11H12F3NO3S/c1-17-8-2-4-9(5-3-8)19-6-10(16)15-18-7-11(12,13)14/h2-5H,6-7H2,1H3,(H,15,16). The number of alkyl halides is 3. The van der Waals surface area contributed by atoms with E-state index in [1.165, 1.54) is 18.9 Å². The maximum absolute atomic E-state index is 11.7. The Hall–Kier alpha value is -1.41. The molecule has 1 rings (SSSR count). The van der Waals surface area contributed by atoms with Crippen molar-refractivity contribution < 1.29 is 27.5 Å². The van der Waals surface area contributed by atoms with E-state index < -0.39 is 18.7 Å². The van der Waals surface area contributed by atoms with Crippen LogP contribution in [0.3, 0.4) is 0 Å². The summed E-state index contributed by atoms with van der Waals surface area (Å²) in [5.41, 5.74) is 1.73. The van der Waals surface area contributed by atoms with Crippen molar-refractivity contribution in [3.05, 3.63) is 24.3 Å². The molecular formula is C11H12F3NO3S. The predicted octanol–water partition coefficient (Wildman–Crippen LogP) is 2.40. The molecule has 0 fully saturated rings. The van der Waals surface area contributed by atoms with Gasteiger partial charge in [-0.1, -0.05) is 0 Å². The van der Waals surface area contributed by atoms with Crippen LogP contribution in [0.4, 0.5) is 13.2 Å². The molecule has 0 aliphatic rings. The Morgan fingerprint density at radius 1 is 1.32 bits per heavy atom. The number of halogens is 3. The van der Waals surface area contributed by atoms with Gasteiger partial charge in [-0.25, -0.2) is 5.48 Å². The van der Waals surface area contributed by atoms with Crippen molar-refractivity contribution in [2.75, 3.05) is 19.5 Å². The number of carbonyl (C=O) groups excluding carboxylic acids is 1. The summed E-state index contributed by atoms with van der Waals surface area (Å²) in [6.07, 6.45) is -4.46. The fraction of sp³-hybridized carbons (Fsp3) is 0.364. The number of carbonyl (C=O) groups is 1. The van der Waals surface area contributed by atoms with Crippen LogP contribution in [0.15, 0.2) is 29.2 Å². The number of amides is 1. The van der Waals surface area contributed by atoms with Crippen molar-refractivity contribution in [2.45, 2.75) is 11.1 Å². The van der Waals surface area contributed by atoms with E-state index in [9.17, 15) is 18.0 Å². The summed E-state index contributed by atoms with van der Waals surface area (Å²) in [6, 6.07) is 6.93. The van der Waals surface area contributed by atoms with Gasteiger partial charge >= 0.3 is 6.18 Å². The molecule has 0 saturated heterocycles. The Balaban J connectivity index is 2.26. The van der Waals surface area contributed by atoms with Crippen molar-refractivity contribution in [1.29, 1.82) is 0 Å². The second-order valence-electron chi connectivity index (χ2n) is 3.39. The molecule has 1 aromatic carbocycles. The number of thioether (sulfide) groups is 1. The summed E-state index contributed by atoms with van der Waals surface area (Å²) in [5, 5.41) is 0. The van der Waals surface area contributed by atoms with Gasteiger partial charge in [-0.3, -0.25) is 9.63 Å². The van der Waals surface area contributed by atoms with Crippen LogP contribution in [0.1, 0.15) is 0 Å². The number of hydroxylamine groups is 1. The summed E-state index contributed by atoms with van der Waals surface area (Å²) in [7, 11) is 1.54. The summed E-state index contributed by atoms with van der Waals surface area (Å²) in [5.74, 6) is 0.0110. The van der Waals surface area contributed by atoms with Gasteiger partial charge in [0.1, 0.15) is 5.75 Å². The molecule has 106 valence electrons. The van der Waals surface area contributed by atoms with Crippen molar-refractivity contribution >= 4 is 17.7 Å². The fourth-order valence-corrected chi connectivity index (χ4v) is 1.73. The third-order valence-corrected chi connectivity index (χ3v) is 2.86. The molecule has 0 aliphatic carbocycles. The lowest BCUT2D eigenvalue weighted by Crippen LogP contribution is -2.30. The highest BCUT2D eigenvalue weighted by atomic mass is 32.2. The lowest BCUT2D eigenvalue weighted by Gasteiger charge is -2.08. The van der Waals surface area contributed by atoms with Crippen molar-refractivity contribution in [3.63, 3.8) is 0 Å². The number of rotatable bonds is 6. The maximum atomic E-state index is 11.7. The molecule has 0 aliphatic heterocycles. The zero-order valence-corrected chi connectivity index (χ0v) is 10.8. The minimum atomic E-state index is -4.46. The molecule has 0 unspecified atom stereocenters. The van der Waals surface area contributed by atoms with Crippen LogP contribution in [0.2, 0.25) is 0 Å². The molecule has 1 N–H and O–H groups in total. The van der Waals surface area contributed by atoms with E-state index in [-0.39, 0.29) is 5.75 Å². The Morgan fingerprint density at radius 2 is 1.95 bits per heavy atom. The molecule has 4 nitrogen and oxygen atoms in total. The van der Waals surface area contributed by atoms with Gasteiger partial charge in [-0.2, -0.15) is 13.2 Å². The highest BCUT2D eigenvalue weighted by molar-refractivity contribution is 8.00. The van der Waals surface area contributed by atoms with E-state index in [4.69, 9.17) is 4.74 Å². The van der Waals surface area contributed by atoms with E-state index >= 15 is 0 Å². The van der Waals surface area contributed by atoms with Gasteiger partial charge < -0.3 is 4.74 Å². The maximum Gasteiger partial charge on any atom is 0.414 e.